The molecular weight excluding hydrogens is 656 g/mol. The molecule has 1 N–H and O–H groups in total. The minimum Gasteiger partial charge on any atom is -1.00 e. The highest BCUT2D eigenvalue weighted by Gasteiger charge is 2.60. The molecule has 0 saturated heterocycles. The first kappa shape index (κ1) is 44.0. The maximum atomic E-state index is 13.1. The van der Waals surface area contributed by atoms with Crippen molar-refractivity contribution in [2.24, 2.45) is 34.5 Å². The smallest absolute Gasteiger partial charge is 0.306 e. The van der Waals surface area contributed by atoms with Crippen molar-refractivity contribution >= 4 is 17.7 Å². The molecule has 7 atom stereocenters. The summed E-state index contributed by atoms with van der Waals surface area (Å²) >= 11 is 0. The van der Waals surface area contributed by atoms with Crippen molar-refractivity contribution in [3.63, 3.8) is 0 Å². The van der Waals surface area contributed by atoms with Crippen LogP contribution in [0.2, 0.25) is 0 Å². The first-order valence-corrected chi connectivity index (χ1v) is 21.5. The summed E-state index contributed by atoms with van der Waals surface area (Å²) in [7, 11) is 2.38. The van der Waals surface area contributed by atoms with Crippen LogP contribution in [0.5, 0.6) is 0 Å². The molecule has 3 saturated carbocycles. The Bertz CT molecular complexity index is 1120. The summed E-state index contributed by atoms with van der Waals surface area (Å²) in [5.74, 6) is 2.48. The number of nitrogens with one attached hydrogen (secondary N) is 1. The van der Waals surface area contributed by atoms with Crippen LogP contribution >= 0.6 is 0 Å². The first-order chi connectivity index (χ1) is 24.0. The van der Waals surface area contributed by atoms with Crippen molar-refractivity contribution in [2.45, 2.75) is 182 Å². The Morgan fingerprint density at radius 2 is 1.45 bits per heavy atom. The Hall–Kier alpha value is -1.40. The number of unbranched alkanes of at least 4 members (excludes halogenated alkanes) is 10. The molecule has 0 aromatic rings. The lowest BCUT2D eigenvalue weighted by atomic mass is 9.46. The van der Waals surface area contributed by atoms with Crippen LogP contribution in [0.3, 0.4) is 0 Å². The molecular formula is C44H77ClN2O4. The van der Waals surface area contributed by atoms with Gasteiger partial charge in [0.15, 0.2) is 5.78 Å². The molecule has 3 unspecified atom stereocenters. The molecule has 0 radical (unpaired) electrons. The predicted octanol–water partition coefficient (Wildman–Crippen LogP) is 7.13. The van der Waals surface area contributed by atoms with E-state index in [2.05, 4.69) is 47.0 Å². The van der Waals surface area contributed by atoms with Gasteiger partial charge in [0, 0.05) is 18.8 Å². The molecule has 0 aliphatic heterocycles. The van der Waals surface area contributed by atoms with Gasteiger partial charge in [-0.05, 0) is 112 Å². The van der Waals surface area contributed by atoms with E-state index in [0.29, 0.717) is 42.4 Å². The Balaban J connectivity index is 0.00000702. The zero-order valence-electron chi connectivity index (χ0n) is 33.8. The van der Waals surface area contributed by atoms with Crippen molar-refractivity contribution in [3.05, 3.63) is 11.6 Å². The molecule has 294 valence electrons. The normalized spacial score (nSPS) is 29.2. The first-order valence-electron chi connectivity index (χ1n) is 21.5. The molecule has 0 spiro atoms. The standard InChI is InChI=1S/C44H76N2O4.ClH/c1-7-9-11-13-15-17-30-46(6,31-18-16-14-12-10-8-2)32-29-45-41(48)23-24-42(49)50-34(3)38-21-22-39-37-20-19-35-33-36(47)25-27-43(35,4)40(37)26-28-44(38,39)5;/h33-34,37-40H,7-32H2,1-6H3;1H/t34-,37?,38+,39?,40?,43-,44+;/m0./s1. The highest BCUT2D eigenvalue weighted by Crippen LogP contribution is 2.67. The number of hydrogen-bond acceptors (Lipinski definition) is 4. The van der Waals surface area contributed by atoms with Crippen molar-refractivity contribution in [2.75, 3.05) is 33.2 Å². The average Bonchev–Trinajstić information content (AvgIpc) is 3.45. The van der Waals surface area contributed by atoms with E-state index in [-0.39, 0.29) is 54.1 Å². The van der Waals surface area contributed by atoms with E-state index < -0.39 is 0 Å². The number of allylic oxidation sites excluding steroid dienone is 1. The molecule has 4 rings (SSSR count). The van der Waals surface area contributed by atoms with Crippen molar-refractivity contribution in [1.29, 1.82) is 0 Å². The van der Waals surface area contributed by atoms with Crippen LogP contribution in [0.4, 0.5) is 0 Å². The number of quaternary nitrogens is 1. The lowest BCUT2D eigenvalue weighted by Crippen LogP contribution is -3.00. The summed E-state index contributed by atoms with van der Waals surface area (Å²) in [5, 5.41) is 3.15. The van der Waals surface area contributed by atoms with Gasteiger partial charge in [-0.2, -0.15) is 0 Å². The third-order valence-electron chi connectivity index (χ3n) is 14.6. The number of carbonyl (C=O) groups is 3. The Labute approximate surface area is 319 Å². The van der Waals surface area contributed by atoms with Crippen LogP contribution in [-0.4, -0.2) is 61.5 Å². The Morgan fingerprint density at radius 3 is 2.10 bits per heavy atom. The molecule has 0 heterocycles. The van der Waals surface area contributed by atoms with Crippen LogP contribution in [0.25, 0.3) is 0 Å². The number of esters is 1. The number of likely N-dealkylation sites (N-methyl/N-ethyl adjacent to an activating group) is 1. The van der Waals surface area contributed by atoms with E-state index >= 15 is 0 Å². The molecule has 0 aromatic heterocycles. The molecule has 51 heavy (non-hydrogen) atoms. The lowest BCUT2D eigenvalue weighted by molar-refractivity contribution is -0.908. The van der Waals surface area contributed by atoms with Crippen LogP contribution in [0.1, 0.15) is 176 Å². The highest BCUT2D eigenvalue weighted by atomic mass is 35.5. The lowest BCUT2D eigenvalue weighted by Gasteiger charge is -2.58. The fraction of sp³-hybridized carbons (Fsp3) is 0.886. The van der Waals surface area contributed by atoms with Gasteiger partial charge >= 0.3 is 5.97 Å². The Kier molecular flexibility index (Phi) is 18.0. The van der Waals surface area contributed by atoms with Gasteiger partial charge in [0.1, 0.15) is 6.10 Å². The summed E-state index contributed by atoms with van der Waals surface area (Å²) in [6, 6.07) is 0. The zero-order valence-corrected chi connectivity index (χ0v) is 34.6. The molecule has 1 amide bonds. The predicted molar refractivity (Wildman–Crippen MR) is 206 cm³/mol. The van der Waals surface area contributed by atoms with Gasteiger partial charge in [0.05, 0.1) is 39.6 Å². The van der Waals surface area contributed by atoms with Gasteiger partial charge < -0.3 is 26.9 Å². The van der Waals surface area contributed by atoms with Crippen molar-refractivity contribution in [3.8, 4) is 0 Å². The van der Waals surface area contributed by atoms with Gasteiger partial charge in [-0.1, -0.05) is 84.6 Å². The molecule has 0 aromatic carbocycles. The third kappa shape index (κ3) is 11.8. The molecule has 7 heteroatoms. The second-order valence-electron chi connectivity index (χ2n) is 18.1. The van der Waals surface area contributed by atoms with Crippen LogP contribution < -0.4 is 17.7 Å². The number of carbonyl (C=O) groups excluding carboxylic acids is 3. The molecule has 3 fully saturated rings. The highest BCUT2D eigenvalue weighted by molar-refractivity contribution is 5.91. The zero-order chi connectivity index (χ0) is 36.2. The number of halogens is 1. The van der Waals surface area contributed by atoms with Gasteiger partial charge in [0.2, 0.25) is 5.91 Å². The topological polar surface area (TPSA) is 72.5 Å². The summed E-state index contributed by atoms with van der Waals surface area (Å²) in [4.78, 5) is 38.1. The second kappa shape index (κ2) is 20.9. The fourth-order valence-electron chi connectivity index (χ4n) is 11.4. The van der Waals surface area contributed by atoms with Crippen LogP contribution in [-0.2, 0) is 19.1 Å². The maximum absolute atomic E-state index is 13.1. The van der Waals surface area contributed by atoms with E-state index in [4.69, 9.17) is 4.74 Å². The number of amides is 1. The van der Waals surface area contributed by atoms with E-state index in [1.54, 1.807) is 0 Å². The minimum atomic E-state index is -0.230. The number of nitrogens with zero attached hydrogens (tertiary/aromatic N) is 1. The minimum absolute atomic E-state index is 0. The van der Waals surface area contributed by atoms with Crippen LogP contribution in [0, 0.1) is 34.5 Å². The fourth-order valence-corrected chi connectivity index (χ4v) is 11.4. The second-order valence-corrected chi connectivity index (χ2v) is 18.1. The maximum Gasteiger partial charge on any atom is 0.306 e. The quantitative estimate of drug-likeness (QED) is 0.0731. The number of hydrogen-bond donors (Lipinski definition) is 1. The van der Waals surface area contributed by atoms with Crippen molar-refractivity contribution in [1.82, 2.24) is 5.32 Å². The van der Waals surface area contributed by atoms with Gasteiger partial charge in [-0.3, -0.25) is 14.4 Å². The number of ether oxygens (including phenoxy) is 1. The van der Waals surface area contributed by atoms with Crippen molar-refractivity contribution < 1.29 is 36.0 Å². The van der Waals surface area contributed by atoms with E-state index in [1.165, 1.54) is 121 Å². The summed E-state index contributed by atoms with van der Waals surface area (Å²) in [6.07, 6.45) is 26.7. The SMILES string of the molecule is CCCCCCCC[N+](C)(CCCCCCCC)CCNC(=O)CCC(=O)O[C@@H](C)[C@H]1CCC2C3CCC4=CC(=O)CC[C@]4(C)C3CC[C@@]21C.[Cl-]. The molecule has 4 aliphatic rings. The number of fused-ring (bicyclic) bond motifs is 5. The largest absolute Gasteiger partial charge is 1.00 e. The summed E-state index contributed by atoms with van der Waals surface area (Å²) < 4.78 is 7.13. The summed E-state index contributed by atoms with van der Waals surface area (Å²) in [5.41, 5.74) is 1.80. The Morgan fingerprint density at radius 1 is 0.824 bits per heavy atom. The summed E-state index contributed by atoms with van der Waals surface area (Å²) in [6.45, 7) is 15.6. The van der Waals surface area contributed by atoms with Gasteiger partial charge in [-0.25, -0.2) is 0 Å². The third-order valence-corrected chi connectivity index (χ3v) is 14.6. The molecule has 6 nitrogen and oxygen atoms in total. The van der Waals surface area contributed by atoms with E-state index in [9.17, 15) is 14.4 Å². The van der Waals surface area contributed by atoms with Gasteiger partial charge in [-0.15, -0.1) is 0 Å². The number of ketones is 1. The van der Waals surface area contributed by atoms with Gasteiger partial charge in [0.25, 0.3) is 0 Å². The van der Waals surface area contributed by atoms with E-state index in [0.717, 1.165) is 30.3 Å². The number of rotatable bonds is 22. The van der Waals surface area contributed by atoms with E-state index in [1.807, 2.05) is 6.08 Å². The monoisotopic (exact) mass is 733 g/mol. The average molecular weight is 734 g/mol. The molecule has 4 aliphatic carbocycles. The van der Waals surface area contributed by atoms with Crippen LogP contribution in [0.15, 0.2) is 11.6 Å². The molecule has 0 bridgehead atoms.